The molecule has 8 nitrogen and oxygen atoms in total. The molecular formula is C18H14N4O4S. The Morgan fingerprint density at radius 2 is 1.81 bits per heavy atom. The molecule has 1 heterocycles. The average molecular weight is 382 g/mol. The molecular weight excluding hydrogens is 368 g/mol. The maximum Gasteiger partial charge on any atom is 0.273 e. The molecule has 0 atom stereocenters. The molecule has 0 fully saturated rings. The normalized spacial score (nSPS) is 10.3. The third-order valence-corrected chi connectivity index (χ3v) is 4.39. The third kappa shape index (κ3) is 4.33. The number of aromatic nitrogens is 1. The lowest BCUT2D eigenvalue weighted by molar-refractivity contribution is -0.385. The number of nitro groups is 1. The molecule has 3 rings (SSSR count). The number of benzene rings is 2. The fourth-order valence-corrected chi connectivity index (χ4v) is 2.87. The lowest BCUT2D eigenvalue weighted by Crippen LogP contribution is -2.15. The molecule has 0 saturated heterocycles. The van der Waals surface area contributed by atoms with Crippen molar-refractivity contribution < 1.29 is 14.5 Å². The average Bonchev–Trinajstić information content (AvgIpc) is 3.15. The molecule has 0 unspecified atom stereocenters. The number of carbonyl (C=O) groups is 2. The maximum atomic E-state index is 12.4. The van der Waals surface area contributed by atoms with Crippen LogP contribution in [0.25, 0.3) is 0 Å². The number of nitro benzene ring substituents is 1. The summed E-state index contributed by atoms with van der Waals surface area (Å²) in [5, 5.41) is 18.5. The molecule has 2 aromatic carbocycles. The van der Waals surface area contributed by atoms with Gasteiger partial charge in [0.2, 0.25) is 0 Å². The van der Waals surface area contributed by atoms with Crippen molar-refractivity contribution >= 4 is 39.7 Å². The van der Waals surface area contributed by atoms with E-state index in [0.29, 0.717) is 21.9 Å². The van der Waals surface area contributed by atoms with E-state index >= 15 is 0 Å². The Balaban J connectivity index is 1.76. The van der Waals surface area contributed by atoms with Gasteiger partial charge in [-0.2, -0.15) is 0 Å². The molecule has 2 amide bonds. The van der Waals surface area contributed by atoms with E-state index < -0.39 is 10.8 Å². The summed E-state index contributed by atoms with van der Waals surface area (Å²) < 4.78 is 0. The van der Waals surface area contributed by atoms with Gasteiger partial charge in [0, 0.05) is 40.0 Å². The number of aryl methyl sites for hydroxylation is 1. The van der Waals surface area contributed by atoms with Gasteiger partial charge in [0.1, 0.15) is 0 Å². The highest BCUT2D eigenvalue weighted by molar-refractivity contribution is 7.13. The molecule has 3 aromatic rings. The van der Waals surface area contributed by atoms with Crippen LogP contribution in [0, 0.1) is 17.0 Å². The van der Waals surface area contributed by atoms with Gasteiger partial charge in [0.05, 0.1) is 4.92 Å². The largest absolute Gasteiger partial charge is 0.322 e. The van der Waals surface area contributed by atoms with E-state index in [-0.39, 0.29) is 17.2 Å². The number of nitrogens with zero attached hydrogens (tertiary/aromatic N) is 2. The summed E-state index contributed by atoms with van der Waals surface area (Å²) in [6.45, 7) is 1.60. The summed E-state index contributed by atoms with van der Waals surface area (Å²) in [5.74, 6) is -0.859. The number of amides is 2. The van der Waals surface area contributed by atoms with Crippen LogP contribution in [-0.2, 0) is 0 Å². The molecule has 1 aromatic heterocycles. The first-order valence-electron chi connectivity index (χ1n) is 7.81. The van der Waals surface area contributed by atoms with E-state index in [2.05, 4.69) is 15.6 Å². The zero-order chi connectivity index (χ0) is 19.4. The Morgan fingerprint density at radius 1 is 1.07 bits per heavy atom. The van der Waals surface area contributed by atoms with Gasteiger partial charge in [0.25, 0.3) is 17.5 Å². The van der Waals surface area contributed by atoms with Crippen molar-refractivity contribution in [2.45, 2.75) is 6.92 Å². The number of rotatable bonds is 5. The molecule has 9 heteroatoms. The van der Waals surface area contributed by atoms with Crippen LogP contribution in [0.1, 0.15) is 26.3 Å². The Labute approximate surface area is 158 Å². The van der Waals surface area contributed by atoms with E-state index in [1.165, 1.54) is 35.6 Å². The van der Waals surface area contributed by atoms with Crippen molar-refractivity contribution in [3.05, 3.63) is 80.8 Å². The highest BCUT2D eigenvalue weighted by Crippen LogP contribution is 2.21. The first-order valence-corrected chi connectivity index (χ1v) is 8.69. The number of nitrogens with one attached hydrogen (secondary N) is 2. The fraction of sp³-hybridized carbons (Fsp3) is 0.0556. The first kappa shape index (κ1) is 18.2. The molecule has 0 aliphatic heterocycles. The van der Waals surface area contributed by atoms with Gasteiger partial charge >= 0.3 is 0 Å². The molecule has 0 bridgehead atoms. The second-order valence-corrected chi connectivity index (χ2v) is 6.48. The maximum absolute atomic E-state index is 12.4. The Bertz CT molecular complexity index is 1020. The van der Waals surface area contributed by atoms with Crippen molar-refractivity contribution in [2.75, 3.05) is 10.6 Å². The quantitative estimate of drug-likeness (QED) is 0.514. The van der Waals surface area contributed by atoms with Crippen LogP contribution in [0.3, 0.4) is 0 Å². The minimum Gasteiger partial charge on any atom is -0.322 e. The summed E-state index contributed by atoms with van der Waals surface area (Å²) in [6, 6.07) is 10.6. The highest BCUT2D eigenvalue weighted by Gasteiger charge is 2.16. The summed E-state index contributed by atoms with van der Waals surface area (Å²) in [7, 11) is 0. The van der Waals surface area contributed by atoms with Crippen LogP contribution in [0.4, 0.5) is 16.5 Å². The monoisotopic (exact) mass is 382 g/mol. The van der Waals surface area contributed by atoms with Crippen LogP contribution in [0.2, 0.25) is 0 Å². The van der Waals surface area contributed by atoms with Crippen molar-refractivity contribution in [3.63, 3.8) is 0 Å². The predicted molar refractivity (Wildman–Crippen MR) is 102 cm³/mol. The number of hydrogen-bond donors (Lipinski definition) is 2. The Hall–Kier alpha value is -3.59. The van der Waals surface area contributed by atoms with E-state index in [4.69, 9.17) is 0 Å². The Morgan fingerprint density at radius 3 is 2.52 bits per heavy atom. The molecule has 136 valence electrons. The van der Waals surface area contributed by atoms with Crippen molar-refractivity contribution in [1.29, 1.82) is 0 Å². The zero-order valence-corrected chi connectivity index (χ0v) is 14.9. The lowest BCUT2D eigenvalue weighted by atomic mass is 10.1. The SMILES string of the molecule is Cc1ccc(C(=O)Nc2cccc(C(=O)Nc3nccs3)c2)cc1[N+](=O)[O-]. The highest BCUT2D eigenvalue weighted by atomic mass is 32.1. The van der Waals surface area contributed by atoms with Gasteiger partial charge in [-0.3, -0.25) is 25.0 Å². The summed E-state index contributed by atoms with van der Waals surface area (Å²) in [5.41, 5.74) is 1.24. The number of carbonyl (C=O) groups excluding carboxylic acids is 2. The fourth-order valence-electron chi connectivity index (χ4n) is 2.34. The van der Waals surface area contributed by atoms with Gasteiger partial charge in [-0.25, -0.2) is 4.98 Å². The molecule has 27 heavy (non-hydrogen) atoms. The zero-order valence-electron chi connectivity index (χ0n) is 14.1. The molecule has 0 spiro atoms. The topological polar surface area (TPSA) is 114 Å². The molecule has 2 N–H and O–H groups in total. The second-order valence-electron chi connectivity index (χ2n) is 5.58. The molecule has 0 saturated carbocycles. The van der Waals surface area contributed by atoms with Gasteiger partial charge in [-0.1, -0.05) is 12.1 Å². The van der Waals surface area contributed by atoms with Crippen molar-refractivity contribution in [2.24, 2.45) is 0 Å². The van der Waals surface area contributed by atoms with E-state index in [1.54, 1.807) is 36.7 Å². The minimum absolute atomic E-state index is 0.126. The molecule has 0 radical (unpaired) electrons. The smallest absolute Gasteiger partial charge is 0.273 e. The lowest BCUT2D eigenvalue weighted by Gasteiger charge is -2.08. The molecule has 0 aliphatic rings. The standard InChI is InChI=1S/C18H14N4O4S/c1-11-5-6-13(10-15(11)22(25)26)16(23)20-14-4-2-3-12(9-14)17(24)21-18-19-7-8-27-18/h2-10H,1H3,(H,20,23)(H,19,21,24). The van der Waals surface area contributed by atoms with E-state index in [9.17, 15) is 19.7 Å². The predicted octanol–water partition coefficient (Wildman–Crippen LogP) is 3.86. The summed E-state index contributed by atoms with van der Waals surface area (Å²) in [4.78, 5) is 39.1. The minimum atomic E-state index is -0.532. The second kappa shape index (κ2) is 7.75. The van der Waals surface area contributed by atoms with E-state index in [1.807, 2.05) is 0 Å². The van der Waals surface area contributed by atoms with Gasteiger partial charge < -0.3 is 5.32 Å². The summed E-state index contributed by atoms with van der Waals surface area (Å²) in [6.07, 6.45) is 1.58. The van der Waals surface area contributed by atoms with Gasteiger partial charge in [-0.05, 0) is 31.2 Å². The Kier molecular flexibility index (Phi) is 5.23. The molecule has 0 aliphatic carbocycles. The van der Waals surface area contributed by atoms with Gasteiger partial charge in [0.15, 0.2) is 5.13 Å². The number of hydrogen-bond acceptors (Lipinski definition) is 6. The van der Waals surface area contributed by atoms with Crippen LogP contribution in [-0.4, -0.2) is 21.7 Å². The van der Waals surface area contributed by atoms with Crippen LogP contribution in [0.15, 0.2) is 54.0 Å². The first-order chi connectivity index (χ1) is 12.9. The number of thiazole rings is 1. The van der Waals surface area contributed by atoms with E-state index in [0.717, 1.165) is 0 Å². The van der Waals surface area contributed by atoms with Crippen LogP contribution < -0.4 is 10.6 Å². The van der Waals surface area contributed by atoms with Gasteiger partial charge in [-0.15, -0.1) is 11.3 Å². The van der Waals surface area contributed by atoms with Crippen LogP contribution in [0.5, 0.6) is 0 Å². The summed E-state index contributed by atoms with van der Waals surface area (Å²) >= 11 is 1.29. The van der Waals surface area contributed by atoms with Crippen LogP contribution >= 0.6 is 11.3 Å². The van der Waals surface area contributed by atoms with Crippen molar-refractivity contribution in [1.82, 2.24) is 4.98 Å². The van der Waals surface area contributed by atoms with Crippen molar-refractivity contribution in [3.8, 4) is 0 Å². The number of anilines is 2. The third-order valence-electron chi connectivity index (χ3n) is 3.70.